The molecule has 3 aromatic rings. The van der Waals surface area contributed by atoms with Crippen molar-refractivity contribution in [2.45, 2.75) is 55.4 Å². The van der Waals surface area contributed by atoms with Crippen molar-refractivity contribution in [3.8, 4) is 11.5 Å². The fourth-order valence-electron chi connectivity index (χ4n) is 5.29. The highest BCUT2D eigenvalue weighted by molar-refractivity contribution is 8.08. The van der Waals surface area contributed by atoms with E-state index in [4.69, 9.17) is 14.2 Å². The van der Waals surface area contributed by atoms with E-state index >= 15 is 0 Å². The van der Waals surface area contributed by atoms with Crippen molar-refractivity contribution >= 4 is 20.8 Å². The maximum absolute atomic E-state index is 13.9. The molecule has 0 N–H and O–H groups in total. The minimum absolute atomic E-state index is 0.124. The van der Waals surface area contributed by atoms with Crippen molar-refractivity contribution in [2.75, 3.05) is 13.7 Å². The van der Waals surface area contributed by atoms with Gasteiger partial charge in [-0.2, -0.15) is 0 Å². The Morgan fingerprint density at radius 2 is 1.68 bits per heavy atom. The summed E-state index contributed by atoms with van der Waals surface area (Å²) >= 11 is 0. The van der Waals surface area contributed by atoms with Gasteiger partial charge in [0.2, 0.25) is 0 Å². The number of carbonyl (C=O) groups excluding carboxylic acids is 1. The lowest BCUT2D eigenvalue weighted by Gasteiger charge is -2.27. The molecule has 0 bridgehead atoms. The molecule has 0 aromatic heterocycles. The molecule has 1 aliphatic heterocycles. The molecule has 2 aliphatic rings. The maximum atomic E-state index is 13.9. The SMILES string of the molecule is COc1ccc(CC2OC[C@@H](c3ccccc3)N2C(=O)C(=[N+]=[N-])S(=O)(=O)c2ccccc2)cc1OC1CCCC1. The first-order valence-corrected chi connectivity index (χ1v) is 14.8. The zero-order valence-electron chi connectivity index (χ0n) is 22.2. The summed E-state index contributed by atoms with van der Waals surface area (Å²) in [5.41, 5.74) is 11.4. The fourth-order valence-corrected chi connectivity index (χ4v) is 6.47. The predicted octanol–water partition coefficient (Wildman–Crippen LogP) is 4.59. The van der Waals surface area contributed by atoms with Crippen LogP contribution in [0.3, 0.4) is 0 Å². The van der Waals surface area contributed by atoms with E-state index in [1.165, 1.54) is 29.2 Å². The first-order valence-electron chi connectivity index (χ1n) is 13.3. The van der Waals surface area contributed by atoms with E-state index in [1.54, 1.807) is 13.2 Å². The summed E-state index contributed by atoms with van der Waals surface area (Å²) in [5.74, 6) is 0.284. The normalized spacial score (nSPS) is 19.3. The second-order valence-corrected chi connectivity index (χ2v) is 11.7. The highest BCUT2D eigenvalue weighted by Gasteiger charge is 2.48. The van der Waals surface area contributed by atoms with Gasteiger partial charge in [-0.25, -0.2) is 8.42 Å². The number of methoxy groups -OCH3 is 1. The van der Waals surface area contributed by atoms with Crippen LogP contribution in [0.15, 0.2) is 83.8 Å². The molecule has 10 heteroatoms. The van der Waals surface area contributed by atoms with Crippen LogP contribution in [-0.4, -0.2) is 55.1 Å². The predicted molar refractivity (Wildman–Crippen MR) is 148 cm³/mol. The standard InChI is InChI=1S/C30H31N3O6S/c1-37-26-17-16-21(18-27(26)39-23-12-8-9-13-23)19-28-33(25(20-38-28)22-10-4-2-5-11-22)30(34)29(32-31)40(35,36)24-14-6-3-7-15-24/h2-7,10-11,14-18,23,25,28H,8-9,12-13,19-20H2,1H3/t25-,28?/m0/s1. The Kier molecular flexibility index (Phi) is 8.30. The topological polar surface area (TPSA) is 119 Å². The first-order chi connectivity index (χ1) is 19.4. The molecular formula is C30H31N3O6S. The van der Waals surface area contributed by atoms with E-state index in [1.807, 2.05) is 48.5 Å². The van der Waals surface area contributed by atoms with Crippen LogP contribution < -0.4 is 9.47 Å². The van der Waals surface area contributed by atoms with Gasteiger partial charge in [0.1, 0.15) is 6.23 Å². The van der Waals surface area contributed by atoms with Gasteiger partial charge in [-0.05, 0) is 61.1 Å². The molecular weight excluding hydrogens is 530 g/mol. The van der Waals surface area contributed by atoms with Gasteiger partial charge in [-0.1, -0.05) is 54.6 Å². The van der Waals surface area contributed by atoms with Crippen molar-refractivity contribution < 1.29 is 32.2 Å². The Labute approximate surface area is 233 Å². The van der Waals surface area contributed by atoms with E-state index in [9.17, 15) is 18.7 Å². The third kappa shape index (κ3) is 5.65. The number of nitrogens with zero attached hydrogens (tertiary/aromatic N) is 3. The molecule has 1 unspecified atom stereocenters. The number of rotatable bonds is 7. The van der Waals surface area contributed by atoms with Crippen molar-refractivity contribution in [2.24, 2.45) is 0 Å². The summed E-state index contributed by atoms with van der Waals surface area (Å²) in [4.78, 5) is 18.1. The Morgan fingerprint density at radius 1 is 1.00 bits per heavy atom. The summed E-state index contributed by atoms with van der Waals surface area (Å²) in [6.07, 6.45) is 3.78. The Hall–Kier alpha value is -3.98. The average Bonchev–Trinajstić information content (AvgIpc) is 3.64. The third-order valence-electron chi connectivity index (χ3n) is 7.33. The third-order valence-corrected chi connectivity index (χ3v) is 8.99. The summed E-state index contributed by atoms with van der Waals surface area (Å²) in [6.45, 7) is 0.145. The molecule has 208 valence electrons. The van der Waals surface area contributed by atoms with Crippen LogP contribution in [0.4, 0.5) is 0 Å². The van der Waals surface area contributed by atoms with E-state index in [2.05, 4.69) is 4.79 Å². The lowest BCUT2D eigenvalue weighted by atomic mass is 10.1. The Balaban J connectivity index is 1.48. The molecule has 40 heavy (non-hydrogen) atoms. The summed E-state index contributed by atoms with van der Waals surface area (Å²) in [6, 6.07) is 21.6. The second-order valence-electron chi connectivity index (χ2n) is 9.86. The highest BCUT2D eigenvalue weighted by Crippen LogP contribution is 2.36. The minimum Gasteiger partial charge on any atom is -0.493 e. The Morgan fingerprint density at radius 3 is 2.33 bits per heavy atom. The molecule has 9 nitrogen and oxygen atoms in total. The van der Waals surface area contributed by atoms with Crippen LogP contribution in [-0.2, 0) is 25.8 Å². The molecule has 2 atom stereocenters. The van der Waals surface area contributed by atoms with Gasteiger partial charge in [0, 0.05) is 6.42 Å². The molecule has 1 saturated heterocycles. The van der Waals surface area contributed by atoms with E-state index in [0.717, 1.165) is 36.8 Å². The van der Waals surface area contributed by atoms with Crippen LogP contribution in [0.25, 0.3) is 5.53 Å². The van der Waals surface area contributed by atoms with Crippen LogP contribution in [0.5, 0.6) is 11.5 Å². The van der Waals surface area contributed by atoms with Crippen LogP contribution in [0.1, 0.15) is 42.9 Å². The quantitative estimate of drug-likeness (QED) is 0.180. The number of ether oxygens (including phenoxy) is 3. The molecule has 5 rings (SSSR count). The van der Waals surface area contributed by atoms with E-state index in [0.29, 0.717) is 11.5 Å². The molecule has 0 spiro atoms. The lowest BCUT2D eigenvalue weighted by molar-refractivity contribution is -0.134. The van der Waals surface area contributed by atoms with Crippen molar-refractivity contribution in [3.63, 3.8) is 0 Å². The smallest absolute Gasteiger partial charge is 0.473 e. The van der Waals surface area contributed by atoms with Gasteiger partial charge in [0.05, 0.1) is 30.8 Å². The number of hydrogen-bond donors (Lipinski definition) is 0. The van der Waals surface area contributed by atoms with Crippen LogP contribution in [0, 0.1) is 0 Å². The molecule has 3 aromatic carbocycles. The number of benzene rings is 3. The van der Waals surface area contributed by atoms with Crippen LogP contribution >= 0.6 is 0 Å². The first kappa shape index (κ1) is 27.6. The number of hydrogen-bond acceptors (Lipinski definition) is 6. The van der Waals surface area contributed by atoms with Gasteiger partial charge in [-0.15, -0.1) is 4.79 Å². The van der Waals surface area contributed by atoms with E-state index in [-0.39, 0.29) is 24.0 Å². The molecule has 1 amide bonds. The number of carbonyl (C=O) groups is 1. The minimum atomic E-state index is -4.40. The molecule has 1 heterocycles. The molecule has 1 saturated carbocycles. The zero-order valence-corrected chi connectivity index (χ0v) is 23.0. The lowest BCUT2D eigenvalue weighted by Crippen LogP contribution is -2.45. The van der Waals surface area contributed by atoms with Gasteiger partial charge in [0.15, 0.2) is 11.5 Å². The Bertz CT molecular complexity index is 1500. The van der Waals surface area contributed by atoms with Gasteiger partial charge < -0.3 is 19.7 Å². The van der Waals surface area contributed by atoms with Gasteiger partial charge in [-0.3, -0.25) is 9.69 Å². The van der Waals surface area contributed by atoms with Crippen molar-refractivity contribution in [3.05, 3.63) is 95.5 Å². The maximum Gasteiger partial charge on any atom is 0.473 e. The van der Waals surface area contributed by atoms with Crippen LogP contribution in [0.2, 0.25) is 0 Å². The fraction of sp³-hybridized carbons (Fsp3) is 0.333. The molecule has 0 radical (unpaired) electrons. The number of amides is 1. The largest absolute Gasteiger partial charge is 0.493 e. The summed E-state index contributed by atoms with van der Waals surface area (Å²) < 4.78 is 44.5. The zero-order chi connectivity index (χ0) is 28.1. The summed E-state index contributed by atoms with van der Waals surface area (Å²) in [5, 5.41) is -0.963. The van der Waals surface area contributed by atoms with Gasteiger partial charge in [0.25, 0.3) is 9.84 Å². The summed E-state index contributed by atoms with van der Waals surface area (Å²) in [7, 11) is -2.81. The van der Waals surface area contributed by atoms with Crippen molar-refractivity contribution in [1.82, 2.24) is 4.90 Å². The second kappa shape index (κ2) is 12.0. The molecule has 1 aliphatic carbocycles. The van der Waals surface area contributed by atoms with Gasteiger partial charge >= 0.3 is 11.0 Å². The number of sulfone groups is 1. The monoisotopic (exact) mass is 561 g/mol. The highest BCUT2D eigenvalue weighted by atomic mass is 32.2. The van der Waals surface area contributed by atoms with E-state index < -0.39 is 33.1 Å². The average molecular weight is 562 g/mol. The molecule has 2 fully saturated rings. The van der Waals surface area contributed by atoms with Crippen molar-refractivity contribution in [1.29, 1.82) is 0 Å².